The Morgan fingerprint density at radius 2 is 1.50 bits per heavy atom. The van der Waals surface area contributed by atoms with E-state index in [-0.39, 0.29) is 35.3 Å². The molecule has 6 rings (SSSR count). The van der Waals surface area contributed by atoms with E-state index in [2.05, 4.69) is 23.3 Å². The normalized spacial score (nSPS) is 21.8. The zero-order valence-corrected chi connectivity index (χ0v) is 27.3. The van der Waals surface area contributed by atoms with Crippen molar-refractivity contribution in [1.82, 2.24) is 20.0 Å². The fourth-order valence-electron chi connectivity index (χ4n) is 7.53. The molecule has 0 radical (unpaired) electrons. The van der Waals surface area contributed by atoms with Crippen LogP contribution in [0.5, 0.6) is 5.75 Å². The minimum atomic E-state index is -0.555. The quantitative estimate of drug-likeness (QED) is 0.483. The molecule has 3 amide bonds. The molecule has 1 N–H and O–H groups in total. The van der Waals surface area contributed by atoms with E-state index in [0.29, 0.717) is 43.3 Å². The molecule has 1 atom stereocenters. The molecule has 0 unspecified atom stereocenters. The number of halogens is 1. The maximum absolute atomic E-state index is 14.7. The number of carbonyl (C=O) groups excluding carboxylic acids is 3. The van der Waals surface area contributed by atoms with Crippen molar-refractivity contribution >= 4 is 23.4 Å². The van der Waals surface area contributed by atoms with Crippen LogP contribution >= 0.6 is 0 Å². The van der Waals surface area contributed by atoms with Gasteiger partial charge in [-0.15, -0.1) is 0 Å². The zero-order chi connectivity index (χ0) is 32.2. The van der Waals surface area contributed by atoms with Gasteiger partial charge in [-0.25, -0.2) is 4.39 Å². The standard InChI is InChI=1S/C36H48FN5O4/c1-39-15-12-31(24-39)46-33-9-8-27(22-32(33)25-6-4-3-5-7-25)35(44)41-16-18-42(19-17-41)36(45)28-20-29(37)23-30(21-28)40(2)34(43)26-10-13-38-14-11-26/h8-9,20-23,25-26,31,38H,3-7,10-19,24H2,1-2H3/t31-/m0/s1. The molecule has 2 aromatic rings. The first-order valence-corrected chi connectivity index (χ1v) is 17.1. The second kappa shape index (κ2) is 14.5. The molecule has 10 heteroatoms. The molecule has 3 heterocycles. The summed E-state index contributed by atoms with van der Waals surface area (Å²) in [6.45, 7) is 5.01. The van der Waals surface area contributed by atoms with Crippen LogP contribution in [0.4, 0.5) is 10.1 Å². The number of hydrogen-bond acceptors (Lipinski definition) is 6. The van der Waals surface area contributed by atoms with Crippen LogP contribution in [-0.2, 0) is 4.79 Å². The number of piperidine rings is 1. The van der Waals surface area contributed by atoms with Crippen molar-refractivity contribution in [2.24, 2.45) is 5.92 Å². The third-order valence-corrected chi connectivity index (χ3v) is 10.3. The van der Waals surface area contributed by atoms with E-state index in [1.54, 1.807) is 22.9 Å². The lowest BCUT2D eigenvalue weighted by Crippen LogP contribution is -2.50. The number of anilines is 1. The summed E-state index contributed by atoms with van der Waals surface area (Å²) in [6, 6.07) is 10.1. The number of amides is 3. The van der Waals surface area contributed by atoms with E-state index in [4.69, 9.17) is 4.74 Å². The Balaban J connectivity index is 1.11. The van der Waals surface area contributed by atoms with Gasteiger partial charge in [0.15, 0.2) is 0 Å². The second-order valence-corrected chi connectivity index (χ2v) is 13.6. The number of hydrogen-bond donors (Lipinski definition) is 1. The van der Waals surface area contributed by atoms with Gasteiger partial charge in [-0.1, -0.05) is 19.3 Å². The molecule has 248 valence electrons. The number of rotatable bonds is 7. The van der Waals surface area contributed by atoms with Gasteiger partial charge < -0.3 is 29.7 Å². The highest BCUT2D eigenvalue weighted by molar-refractivity contribution is 5.99. The first-order chi connectivity index (χ1) is 22.3. The first kappa shape index (κ1) is 32.4. The van der Waals surface area contributed by atoms with Crippen LogP contribution < -0.4 is 15.0 Å². The lowest BCUT2D eigenvalue weighted by molar-refractivity contribution is -0.122. The molecule has 46 heavy (non-hydrogen) atoms. The van der Waals surface area contributed by atoms with Crippen LogP contribution in [0.15, 0.2) is 36.4 Å². The van der Waals surface area contributed by atoms with Crippen molar-refractivity contribution < 1.29 is 23.5 Å². The monoisotopic (exact) mass is 633 g/mol. The third kappa shape index (κ3) is 7.39. The van der Waals surface area contributed by atoms with Crippen molar-refractivity contribution in [1.29, 1.82) is 0 Å². The number of carbonyl (C=O) groups is 3. The number of likely N-dealkylation sites (N-methyl/N-ethyl adjacent to an activating group) is 1. The molecule has 2 aromatic carbocycles. The summed E-state index contributed by atoms with van der Waals surface area (Å²) in [5, 5.41) is 3.26. The first-order valence-electron chi connectivity index (χ1n) is 17.1. The second-order valence-electron chi connectivity index (χ2n) is 13.6. The van der Waals surface area contributed by atoms with Crippen LogP contribution in [0.25, 0.3) is 0 Å². The number of nitrogens with zero attached hydrogens (tertiary/aromatic N) is 4. The highest BCUT2D eigenvalue weighted by Gasteiger charge is 2.30. The van der Waals surface area contributed by atoms with E-state index >= 15 is 0 Å². The molecule has 4 aliphatic rings. The minimum Gasteiger partial charge on any atom is -0.489 e. The lowest BCUT2D eigenvalue weighted by atomic mass is 9.83. The Morgan fingerprint density at radius 3 is 2.15 bits per heavy atom. The van der Waals surface area contributed by atoms with Gasteiger partial charge in [-0.3, -0.25) is 14.4 Å². The average Bonchev–Trinajstić information content (AvgIpc) is 3.51. The summed E-state index contributed by atoms with van der Waals surface area (Å²) in [4.78, 5) is 47.5. The SMILES string of the molecule is CN1CC[C@H](Oc2ccc(C(=O)N3CCN(C(=O)c4cc(F)cc(N(C)C(=O)C5CCNCC5)c4)CC3)cc2C2CCCCC2)C1. The zero-order valence-electron chi connectivity index (χ0n) is 27.3. The number of piperazine rings is 1. The van der Waals surface area contributed by atoms with E-state index in [1.807, 2.05) is 12.1 Å². The molecular formula is C36H48FN5O4. The number of benzene rings is 2. The third-order valence-electron chi connectivity index (χ3n) is 10.3. The van der Waals surface area contributed by atoms with Gasteiger partial charge in [-0.05, 0) is 100 Å². The Bertz CT molecular complexity index is 1420. The molecule has 0 aromatic heterocycles. The number of likely N-dealkylation sites (tertiary alicyclic amines) is 1. The molecule has 1 saturated carbocycles. The van der Waals surface area contributed by atoms with Crippen molar-refractivity contribution in [3.05, 3.63) is 58.9 Å². The molecule has 3 saturated heterocycles. The van der Waals surface area contributed by atoms with Gasteiger partial charge in [0, 0.05) is 69.0 Å². The summed E-state index contributed by atoms with van der Waals surface area (Å²) >= 11 is 0. The highest BCUT2D eigenvalue weighted by Crippen LogP contribution is 2.39. The van der Waals surface area contributed by atoms with Crippen LogP contribution in [0.3, 0.4) is 0 Å². The summed E-state index contributed by atoms with van der Waals surface area (Å²) in [6.07, 6.45) is 8.54. The van der Waals surface area contributed by atoms with Gasteiger partial charge in [0.2, 0.25) is 5.91 Å². The Kier molecular flexibility index (Phi) is 10.2. The average molecular weight is 634 g/mol. The molecule has 0 bridgehead atoms. The fraction of sp³-hybridized carbons (Fsp3) is 0.583. The Morgan fingerprint density at radius 1 is 0.826 bits per heavy atom. The maximum atomic E-state index is 14.7. The Hall–Kier alpha value is -3.50. The van der Waals surface area contributed by atoms with Gasteiger partial charge in [0.25, 0.3) is 11.8 Å². The highest BCUT2D eigenvalue weighted by atomic mass is 19.1. The summed E-state index contributed by atoms with van der Waals surface area (Å²) in [5.74, 6) is 0.246. The van der Waals surface area contributed by atoms with E-state index in [1.165, 1.54) is 36.3 Å². The molecular weight excluding hydrogens is 585 g/mol. The molecule has 0 spiro atoms. The van der Waals surface area contributed by atoms with Gasteiger partial charge >= 0.3 is 0 Å². The van der Waals surface area contributed by atoms with E-state index < -0.39 is 5.82 Å². The number of nitrogens with one attached hydrogen (secondary N) is 1. The van der Waals surface area contributed by atoms with Crippen molar-refractivity contribution in [3.63, 3.8) is 0 Å². The topological polar surface area (TPSA) is 85.4 Å². The molecule has 3 aliphatic heterocycles. The summed E-state index contributed by atoms with van der Waals surface area (Å²) < 4.78 is 21.2. The van der Waals surface area contributed by atoms with Gasteiger partial charge in [0.05, 0.1) is 0 Å². The predicted octanol–water partition coefficient (Wildman–Crippen LogP) is 4.52. The van der Waals surface area contributed by atoms with Crippen LogP contribution in [0, 0.1) is 11.7 Å². The Labute approximate surface area is 272 Å². The van der Waals surface area contributed by atoms with Crippen molar-refractivity contribution in [2.45, 2.75) is 63.4 Å². The van der Waals surface area contributed by atoms with Crippen molar-refractivity contribution in [3.8, 4) is 5.75 Å². The predicted molar refractivity (Wildman–Crippen MR) is 176 cm³/mol. The lowest BCUT2D eigenvalue weighted by Gasteiger charge is -2.35. The maximum Gasteiger partial charge on any atom is 0.254 e. The van der Waals surface area contributed by atoms with Gasteiger partial charge in [-0.2, -0.15) is 0 Å². The van der Waals surface area contributed by atoms with Crippen LogP contribution in [-0.4, -0.2) is 105 Å². The van der Waals surface area contributed by atoms with Gasteiger partial charge in [0.1, 0.15) is 17.7 Å². The number of ether oxygens (including phenoxy) is 1. The minimum absolute atomic E-state index is 0.0394. The fourth-order valence-corrected chi connectivity index (χ4v) is 7.53. The largest absolute Gasteiger partial charge is 0.489 e. The smallest absolute Gasteiger partial charge is 0.254 e. The van der Waals surface area contributed by atoms with Crippen LogP contribution in [0.2, 0.25) is 0 Å². The van der Waals surface area contributed by atoms with E-state index in [9.17, 15) is 18.8 Å². The molecule has 1 aliphatic carbocycles. The van der Waals surface area contributed by atoms with Crippen molar-refractivity contribution in [2.75, 3.05) is 71.4 Å². The van der Waals surface area contributed by atoms with Crippen LogP contribution in [0.1, 0.15) is 83.6 Å². The molecule has 9 nitrogen and oxygen atoms in total. The molecule has 4 fully saturated rings. The summed E-state index contributed by atoms with van der Waals surface area (Å²) in [5.41, 5.74) is 2.40. The summed E-state index contributed by atoms with van der Waals surface area (Å²) in [7, 11) is 3.76. The van der Waals surface area contributed by atoms with E-state index in [0.717, 1.165) is 69.6 Å².